The van der Waals surface area contributed by atoms with E-state index in [1.807, 2.05) is 0 Å². The lowest BCUT2D eigenvalue weighted by molar-refractivity contribution is -0.156. The molecule has 0 heterocycles. The SMILES string of the molecule is NC(CC(=O)O)C(F)(F)C(F)F. The van der Waals surface area contributed by atoms with Crippen LogP contribution in [0.4, 0.5) is 17.6 Å². The minimum atomic E-state index is -4.45. The van der Waals surface area contributed by atoms with Crippen LogP contribution in [0.25, 0.3) is 0 Å². The molecule has 3 nitrogen and oxygen atoms in total. The Morgan fingerprint density at radius 2 is 1.92 bits per heavy atom. The molecular formula is C5H7F4NO2. The van der Waals surface area contributed by atoms with E-state index in [4.69, 9.17) is 5.11 Å². The minimum Gasteiger partial charge on any atom is -0.481 e. The molecule has 3 N–H and O–H groups in total. The number of hydrogen-bond acceptors (Lipinski definition) is 2. The summed E-state index contributed by atoms with van der Waals surface area (Å²) in [7, 11) is 0. The maximum Gasteiger partial charge on any atom is 0.322 e. The molecule has 0 aromatic carbocycles. The van der Waals surface area contributed by atoms with Crippen LogP contribution in [0.15, 0.2) is 0 Å². The van der Waals surface area contributed by atoms with E-state index in [1.165, 1.54) is 0 Å². The first-order valence-electron chi connectivity index (χ1n) is 2.91. The van der Waals surface area contributed by atoms with Gasteiger partial charge in [0.05, 0.1) is 12.5 Å². The first-order chi connectivity index (χ1) is 5.28. The van der Waals surface area contributed by atoms with E-state index in [2.05, 4.69) is 5.73 Å². The van der Waals surface area contributed by atoms with Crippen molar-refractivity contribution >= 4 is 5.97 Å². The van der Waals surface area contributed by atoms with Crippen LogP contribution >= 0.6 is 0 Å². The zero-order chi connectivity index (χ0) is 9.94. The zero-order valence-corrected chi connectivity index (χ0v) is 5.81. The van der Waals surface area contributed by atoms with E-state index >= 15 is 0 Å². The van der Waals surface area contributed by atoms with Crippen LogP contribution in [0.5, 0.6) is 0 Å². The number of hydrogen-bond donors (Lipinski definition) is 2. The first kappa shape index (κ1) is 11.2. The predicted octanol–water partition coefficient (Wildman–Crippen LogP) is 0.689. The van der Waals surface area contributed by atoms with Crippen molar-refractivity contribution in [2.24, 2.45) is 5.73 Å². The summed E-state index contributed by atoms with van der Waals surface area (Å²) in [5, 5.41) is 7.97. The molecule has 7 heteroatoms. The molecule has 0 spiro atoms. The summed E-state index contributed by atoms with van der Waals surface area (Å²) in [4.78, 5) is 9.82. The van der Waals surface area contributed by atoms with Gasteiger partial charge in [0.2, 0.25) is 0 Å². The third kappa shape index (κ3) is 2.65. The average molecular weight is 189 g/mol. The summed E-state index contributed by atoms with van der Waals surface area (Å²) < 4.78 is 47.3. The Hall–Kier alpha value is -0.850. The highest BCUT2D eigenvalue weighted by atomic mass is 19.3. The van der Waals surface area contributed by atoms with Gasteiger partial charge in [-0.2, -0.15) is 8.78 Å². The molecule has 0 bridgehead atoms. The van der Waals surface area contributed by atoms with Crippen molar-refractivity contribution in [2.45, 2.75) is 24.8 Å². The zero-order valence-electron chi connectivity index (χ0n) is 5.81. The fourth-order valence-electron chi connectivity index (χ4n) is 0.486. The lowest BCUT2D eigenvalue weighted by Crippen LogP contribution is -2.47. The van der Waals surface area contributed by atoms with Crippen molar-refractivity contribution < 1.29 is 27.5 Å². The fraction of sp³-hybridized carbons (Fsp3) is 0.800. The summed E-state index contributed by atoms with van der Waals surface area (Å²) in [6.07, 6.45) is -5.12. The van der Waals surface area contributed by atoms with E-state index in [9.17, 15) is 22.4 Å². The summed E-state index contributed by atoms with van der Waals surface area (Å²) in [5.41, 5.74) is 4.54. The highest BCUT2D eigenvalue weighted by molar-refractivity contribution is 5.67. The van der Waals surface area contributed by atoms with Crippen molar-refractivity contribution in [3.8, 4) is 0 Å². The van der Waals surface area contributed by atoms with Crippen LogP contribution in [0.1, 0.15) is 6.42 Å². The van der Waals surface area contributed by atoms with Crippen molar-refractivity contribution in [1.29, 1.82) is 0 Å². The normalized spacial score (nSPS) is 14.8. The van der Waals surface area contributed by atoms with Crippen molar-refractivity contribution in [3.05, 3.63) is 0 Å². The summed E-state index contributed by atoms with van der Waals surface area (Å²) in [5.74, 6) is -6.08. The predicted molar refractivity (Wildman–Crippen MR) is 31.2 cm³/mol. The fourth-order valence-corrected chi connectivity index (χ4v) is 0.486. The van der Waals surface area contributed by atoms with Gasteiger partial charge in [0, 0.05) is 0 Å². The number of carboxylic acid groups (broad SMARTS) is 1. The highest BCUT2D eigenvalue weighted by Gasteiger charge is 2.47. The van der Waals surface area contributed by atoms with Gasteiger partial charge in [-0.25, -0.2) is 8.78 Å². The molecule has 0 aliphatic carbocycles. The molecule has 0 fully saturated rings. The van der Waals surface area contributed by atoms with Gasteiger partial charge in [-0.1, -0.05) is 0 Å². The Kier molecular flexibility index (Phi) is 3.44. The lowest BCUT2D eigenvalue weighted by Gasteiger charge is -2.20. The third-order valence-corrected chi connectivity index (χ3v) is 1.18. The van der Waals surface area contributed by atoms with Crippen LogP contribution in [0, 0.1) is 0 Å². The smallest absolute Gasteiger partial charge is 0.322 e. The number of halogens is 4. The molecule has 12 heavy (non-hydrogen) atoms. The van der Waals surface area contributed by atoms with Gasteiger partial charge in [-0.3, -0.25) is 4.79 Å². The molecule has 1 atom stereocenters. The molecule has 0 amide bonds. The van der Waals surface area contributed by atoms with Gasteiger partial charge < -0.3 is 10.8 Å². The molecule has 0 rings (SSSR count). The van der Waals surface area contributed by atoms with E-state index in [0.717, 1.165) is 0 Å². The Morgan fingerprint density at radius 3 is 2.17 bits per heavy atom. The van der Waals surface area contributed by atoms with E-state index in [-0.39, 0.29) is 0 Å². The Bertz CT molecular complexity index is 173. The molecule has 0 saturated heterocycles. The topological polar surface area (TPSA) is 63.3 Å². The number of carbonyl (C=O) groups is 1. The molecular weight excluding hydrogens is 182 g/mol. The number of carboxylic acids is 1. The molecule has 0 aliphatic rings. The van der Waals surface area contributed by atoms with Gasteiger partial charge in [-0.05, 0) is 0 Å². The maximum absolute atomic E-state index is 12.2. The van der Waals surface area contributed by atoms with Gasteiger partial charge in [0.1, 0.15) is 0 Å². The molecule has 0 saturated carbocycles. The molecule has 0 aliphatic heterocycles. The van der Waals surface area contributed by atoms with Crippen molar-refractivity contribution in [3.63, 3.8) is 0 Å². The summed E-state index contributed by atoms with van der Waals surface area (Å²) in [6.45, 7) is 0. The van der Waals surface area contributed by atoms with E-state index < -0.39 is 30.8 Å². The standard InChI is InChI=1S/C5H7F4NO2/c6-4(7)5(8,9)2(10)1-3(11)12/h2,4H,1,10H2,(H,11,12). The van der Waals surface area contributed by atoms with Gasteiger partial charge in [0.15, 0.2) is 0 Å². The highest BCUT2D eigenvalue weighted by Crippen LogP contribution is 2.27. The number of alkyl halides is 4. The Labute approximate surface area is 65.2 Å². The summed E-state index contributed by atoms with van der Waals surface area (Å²) >= 11 is 0. The quantitative estimate of drug-likeness (QED) is 0.639. The van der Waals surface area contributed by atoms with Gasteiger partial charge in [-0.15, -0.1) is 0 Å². The first-order valence-corrected chi connectivity index (χ1v) is 2.91. The maximum atomic E-state index is 12.2. The van der Waals surface area contributed by atoms with Crippen LogP contribution < -0.4 is 5.73 Å². The second-order valence-corrected chi connectivity index (χ2v) is 2.18. The Balaban J connectivity index is 4.24. The van der Waals surface area contributed by atoms with Gasteiger partial charge in [0.25, 0.3) is 0 Å². The van der Waals surface area contributed by atoms with E-state index in [1.54, 1.807) is 0 Å². The van der Waals surface area contributed by atoms with Crippen molar-refractivity contribution in [1.82, 2.24) is 0 Å². The van der Waals surface area contributed by atoms with Crippen LogP contribution in [-0.4, -0.2) is 29.5 Å². The van der Waals surface area contributed by atoms with E-state index in [0.29, 0.717) is 0 Å². The van der Waals surface area contributed by atoms with Crippen molar-refractivity contribution in [2.75, 3.05) is 0 Å². The van der Waals surface area contributed by atoms with Crippen LogP contribution in [-0.2, 0) is 4.79 Å². The largest absolute Gasteiger partial charge is 0.481 e. The van der Waals surface area contributed by atoms with Crippen LogP contribution in [0.2, 0.25) is 0 Å². The molecule has 0 aromatic rings. The second-order valence-electron chi connectivity index (χ2n) is 2.18. The second kappa shape index (κ2) is 3.70. The van der Waals surface area contributed by atoms with Gasteiger partial charge >= 0.3 is 18.3 Å². The number of rotatable bonds is 4. The third-order valence-electron chi connectivity index (χ3n) is 1.18. The summed E-state index contributed by atoms with van der Waals surface area (Å²) in [6, 6.07) is -2.35. The Morgan fingerprint density at radius 1 is 1.50 bits per heavy atom. The molecule has 0 radical (unpaired) electrons. The number of aliphatic carboxylic acids is 1. The molecule has 0 aromatic heterocycles. The molecule has 1 unspecified atom stereocenters. The van der Waals surface area contributed by atoms with Crippen LogP contribution in [0.3, 0.4) is 0 Å². The monoisotopic (exact) mass is 189 g/mol. The molecule has 72 valence electrons. The number of nitrogens with two attached hydrogens (primary N) is 1. The minimum absolute atomic E-state index is 1.18. The lowest BCUT2D eigenvalue weighted by atomic mass is 10.1. The average Bonchev–Trinajstić information content (AvgIpc) is 1.85.